The lowest BCUT2D eigenvalue weighted by atomic mass is 9.48. The Kier molecular flexibility index (Phi) is 7.03. The number of rotatable bonds is 4. The number of fused-ring (bicyclic) bond motifs is 5. The Morgan fingerprint density at radius 2 is 1.62 bits per heavy atom. The lowest BCUT2D eigenvalue weighted by molar-refractivity contribution is -0.0241. The summed E-state index contributed by atoms with van der Waals surface area (Å²) in [6, 6.07) is 0.117. The molecule has 4 aliphatic rings. The number of allylic oxidation sites excluding steroid dienone is 1. The molecule has 34 heavy (non-hydrogen) atoms. The standard InChI is InChI=1S/C27H43N3O4/c1-16(2)28-24(31)33-19-11-13-26(5)18(15-19)7-8-20-21-9-10-23(27(21,6)14-12-22(20)26)30-34-25(32)29-17(3)4/h7,16-17,19-22H,8-15H2,1-6H3,(H,28,31)(H,29,32)/b30-23+. The number of hydrogen-bond acceptors (Lipinski definition) is 5. The van der Waals surface area contributed by atoms with Gasteiger partial charge in [0.15, 0.2) is 0 Å². The molecule has 0 aliphatic heterocycles. The van der Waals surface area contributed by atoms with Gasteiger partial charge < -0.3 is 15.4 Å². The van der Waals surface area contributed by atoms with E-state index < -0.39 is 6.09 Å². The quantitative estimate of drug-likeness (QED) is 0.300. The molecule has 7 heteroatoms. The molecule has 2 N–H and O–H groups in total. The fraction of sp³-hybridized carbons (Fsp3) is 0.815. The second kappa shape index (κ2) is 9.54. The molecule has 0 aromatic rings. The van der Waals surface area contributed by atoms with E-state index in [1.54, 1.807) is 0 Å². The van der Waals surface area contributed by atoms with Crippen LogP contribution >= 0.6 is 0 Å². The molecule has 0 spiro atoms. The van der Waals surface area contributed by atoms with Crippen molar-refractivity contribution in [2.24, 2.45) is 33.7 Å². The van der Waals surface area contributed by atoms with Gasteiger partial charge in [0.1, 0.15) is 6.10 Å². The Bertz CT molecular complexity index is 866. The van der Waals surface area contributed by atoms with Crippen molar-refractivity contribution in [1.82, 2.24) is 10.6 Å². The molecule has 0 aromatic carbocycles. The highest BCUT2D eigenvalue weighted by molar-refractivity contribution is 5.92. The summed E-state index contributed by atoms with van der Waals surface area (Å²) in [5.41, 5.74) is 2.75. The van der Waals surface area contributed by atoms with Crippen LogP contribution in [-0.4, -0.2) is 36.1 Å². The highest BCUT2D eigenvalue weighted by Crippen LogP contribution is 2.64. The second-order valence-electron chi connectivity index (χ2n) is 12.0. The van der Waals surface area contributed by atoms with Gasteiger partial charge in [-0.25, -0.2) is 9.59 Å². The first-order valence-electron chi connectivity index (χ1n) is 13.2. The molecule has 0 aromatic heterocycles. The minimum atomic E-state index is -0.470. The number of ether oxygens (including phenoxy) is 1. The molecule has 6 atom stereocenters. The fourth-order valence-corrected chi connectivity index (χ4v) is 7.45. The normalized spacial score (nSPS) is 38.0. The molecule has 6 unspecified atom stereocenters. The van der Waals surface area contributed by atoms with E-state index in [0.717, 1.165) is 50.7 Å². The summed E-state index contributed by atoms with van der Waals surface area (Å²) in [4.78, 5) is 29.3. The van der Waals surface area contributed by atoms with Gasteiger partial charge >= 0.3 is 12.2 Å². The van der Waals surface area contributed by atoms with Crippen molar-refractivity contribution < 1.29 is 19.2 Å². The van der Waals surface area contributed by atoms with Crippen LogP contribution in [0.15, 0.2) is 16.8 Å². The fourth-order valence-electron chi connectivity index (χ4n) is 7.45. The second-order valence-corrected chi connectivity index (χ2v) is 12.0. The zero-order valence-electron chi connectivity index (χ0n) is 21.8. The van der Waals surface area contributed by atoms with Crippen LogP contribution in [0.25, 0.3) is 0 Å². The third kappa shape index (κ3) is 4.72. The summed E-state index contributed by atoms with van der Waals surface area (Å²) in [7, 11) is 0. The maximum absolute atomic E-state index is 12.1. The monoisotopic (exact) mass is 473 g/mol. The van der Waals surface area contributed by atoms with E-state index in [-0.39, 0.29) is 35.1 Å². The smallest absolute Gasteiger partial charge is 0.433 e. The molecule has 4 aliphatic carbocycles. The van der Waals surface area contributed by atoms with Gasteiger partial charge in [0.2, 0.25) is 0 Å². The number of hydrogen-bond donors (Lipinski definition) is 2. The van der Waals surface area contributed by atoms with Crippen LogP contribution in [0.2, 0.25) is 0 Å². The van der Waals surface area contributed by atoms with E-state index >= 15 is 0 Å². The number of carbonyl (C=O) groups is 2. The van der Waals surface area contributed by atoms with E-state index in [2.05, 4.69) is 35.7 Å². The van der Waals surface area contributed by atoms with Gasteiger partial charge in [-0.15, -0.1) is 0 Å². The first kappa shape index (κ1) is 25.1. The Labute approximate surface area is 204 Å². The molecule has 3 saturated carbocycles. The molecular formula is C27H43N3O4. The summed E-state index contributed by atoms with van der Waals surface area (Å²) >= 11 is 0. The molecule has 3 fully saturated rings. The first-order chi connectivity index (χ1) is 16.0. The van der Waals surface area contributed by atoms with Crippen molar-refractivity contribution in [2.45, 2.75) is 111 Å². The molecule has 0 radical (unpaired) electrons. The number of amides is 2. The van der Waals surface area contributed by atoms with Crippen molar-refractivity contribution in [2.75, 3.05) is 0 Å². The Morgan fingerprint density at radius 3 is 2.32 bits per heavy atom. The van der Waals surface area contributed by atoms with E-state index in [0.29, 0.717) is 17.8 Å². The topological polar surface area (TPSA) is 89.0 Å². The summed E-state index contributed by atoms with van der Waals surface area (Å²) in [6.07, 6.45) is 9.90. The SMILES string of the molecule is CC(C)NC(=O)O/N=C1\CCC2C3CC=C4CC(OC(=O)NC(C)C)CCC4(C)C3CCC12C. The maximum Gasteiger partial charge on any atom is 0.433 e. The highest BCUT2D eigenvalue weighted by atomic mass is 16.7. The third-order valence-corrected chi connectivity index (χ3v) is 9.13. The average molecular weight is 474 g/mol. The zero-order chi connectivity index (χ0) is 24.7. The largest absolute Gasteiger partial charge is 0.446 e. The van der Waals surface area contributed by atoms with Gasteiger partial charge in [-0.2, -0.15) is 0 Å². The van der Waals surface area contributed by atoms with E-state index in [4.69, 9.17) is 9.57 Å². The number of carbonyl (C=O) groups excluding carboxylic acids is 2. The minimum absolute atomic E-state index is 0.0101. The highest BCUT2D eigenvalue weighted by Gasteiger charge is 2.58. The maximum atomic E-state index is 12.1. The average Bonchev–Trinajstić information content (AvgIpc) is 3.07. The number of alkyl carbamates (subject to hydrolysis) is 1. The first-order valence-corrected chi connectivity index (χ1v) is 13.2. The van der Waals surface area contributed by atoms with Gasteiger partial charge in [0.05, 0.1) is 5.71 Å². The molecule has 0 heterocycles. The lowest BCUT2D eigenvalue weighted by Crippen LogP contribution is -2.51. The van der Waals surface area contributed by atoms with Gasteiger partial charge in [0.25, 0.3) is 0 Å². The van der Waals surface area contributed by atoms with Crippen molar-refractivity contribution in [3.05, 3.63) is 11.6 Å². The zero-order valence-corrected chi connectivity index (χ0v) is 21.8. The van der Waals surface area contributed by atoms with Crippen LogP contribution in [0.5, 0.6) is 0 Å². The summed E-state index contributed by atoms with van der Waals surface area (Å²) in [5.74, 6) is 1.86. The van der Waals surface area contributed by atoms with Crippen LogP contribution in [0.4, 0.5) is 9.59 Å². The predicted octanol–water partition coefficient (Wildman–Crippen LogP) is 5.94. The Morgan fingerprint density at radius 1 is 0.971 bits per heavy atom. The van der Waals surface area contributed by atoms with Crippen LogP contribution in [0.3, 0.4) is 0 Å². The van der Waals surface area contributed by atoms with Crippen LogP contribution in [0, 0.1) is 28.6 Å². The molecule has 0 saturated heterocycles. The Balaban J connectivity index is 1.45. The van der Waals surface area contributed by atoms with E-state index in [1.807, 2.05) is 27.7 Å². The summed E-state index contributed by atoms with van der Waals surface area (Å²) in [5, 5.41) is 9.96. The van der Waals surface area contributed by atoms with Crippen LogP contribution < -0.4 is 10.6 Å². The molecule has 0 bridgehead atoms. The van der Waals surface area contributed by atoms with Crippen LogP contribution in [-0.2, 0) is 9.57 Å². The van der Waals surface area contributed by atoms with E-state index in [1.165, 1.54) is 12.0 Å². The minimum Gasteiger partial charge on any atom is -0.446 e. The Hall–Kier alpha value is -2.05. The molecular weight excluding hydrogens is 430 g/mol. The number of nitrogens with zero attached hydrogens (tertiary/aromatic N) is 1. The van der Waals surface area contributed by atoms with Gasteiger partial charge in [0, 0.05) is 23.9 Å². The number of nitrogens with one attached hydrogen (secondary N) is 2. The lowest BCUT2D eigenvalue weighted by Gasteiger charge is -2.57. The molecule has 2 amide bonds. The summed E-state index contributed by atoms with van der Waals surface area (Å²) in [6.45, 7) is 12.5. The van der Waals surface area contributed by atoms with E-state index in [9.17, 15) is 9.59 Å². The van der Waals surface area contributed by atoms with Crippen molar-refractivity contribution in [1.29, 1.82) is 0 Å². The summed E-state index contributed by atoms with van der Waals surface area (Å²) < 4.78 is 5.75. The van der Waals surface area contributed by atoms with Crippen LogP contribution in [0.1, 0.15) is 92.9 Å². The predicted molar refractivity (Wildman–Crippen MR) is 132 cm³/mol. The van der Waals surface area contributed by atoms with Gasteiger partial charge in [-0.1, -0.05) is 30.7 Å². The molecule has 4 rings (SSSR count). The van der Waals surface area contributed by atoms with Gasteiger partial charge in [-0.3, -0.25) is 4.84 Å². The third-order valence-electron chi connectivity index (χ3n) is 9.13. The van der Waals surface area contributed by atoms with Crippen molar-refractivity contribution >= 4 is 17.9 Å². The molecule has 190 valence electrons. The molecule has 7 nitrogen and oxygen atoms in total. The van der Waals surface area contributed by atoms with Gasteiger partial charge in [-0.05, 0) is 95.8 Å². The number of oxime groups is 1. The van der Waals surface area contributed by atoms with Crippen molar-refractivity contribution in [3.8, 4) is 0 Å². The van der Waals surface area contributed by atoms with Crippen molar-refractivity contribution in [3.63, 3.8) is 0 Å².